The smallest absolute Gasteiger partial charge is 0.326 e. The van der Waals surface area contributed by atoms with E-state index in [0.717, 1.165) is 0 Å². The minimum atomic E-state index is -1.05. The number of amides is 1. The molecule has 1 unspecified atom stereocenters. The van der Waals surface area contributed by atoms with E-state index in [-0.39, 0.29) is 5.92 Å². The van der Waals surface area contributed by atoms with Crippen molar-refractivity contribution in [2.75, 3.05) is 0 Å². The standard InChI is InChI=1S/C14H19NO4/c1-9(2)12(14(17)18)15-13(16)10(3)19-11-7-5-4-6-8-11/h4-10,12H,1-3H3,(H,15,16)(H,17,18)/t10?,12-/m0/s1. The van der Waals surface area contributed by atoms with Crippen LogP contribution in [-0.2, 0) is 9.59 Å². The number of hydrogen-bond donors (Lipinski definition) is 2. The molecule has 1 rings (SSSR count). The summed E-state index contributed by atoms with van der Waals surface area (Å²) in [6, 6.07) is 8.01. The molecule has 1 amide bonds. The largest absolute Gasteiger partial charge is 0.481 e. The van der Waals surface area contributed by atoms with Crippen molar-refractivity contribution in [3.8, 4) is 5.75 Å². The maximum atomic E-state index is 11.9. The second-order valence-electron chi connectivity index (χ2n) is 4.64. The van der Waals surface area contributed by atoms with Gasteiger partial charge in [0, 0.05) is 0 Å². The zero-order chi connectivity index (χ0) is 14.4. The number of hydrogen-bond acceptors (Lipinski definition) is 3. The van der Waals surface area contributed by atoms with Crippen molar-refractivity contribution >= 4 is 11.9 Å². The van der Waals surface area contributed by atoms with Crippen LogP contribution in [-0.4, -0.2) is 29.1 Å². The molecule has 0 aliphatic heterocycles. The summed E-state index contributed by atoms with van der Waals surface area (Å²) >= 11 is 0. The Morgan fingerprint density at radius 3 is 2.21 bits per heavy atom. The molecule has 19 heavy (non-hydrogen) atoms. The Morgan fingerprint density at radius 1 is 1.16 bits per heavy atom. The third-order valence-corrected chi connectivity index (χ3v) is 2.66. The van der Waals surface area contributed by atoms with Crippen LogP contribution >= 0.6 is 0 Å². The number of carbonyl (C=O) groups excluding carboxylic acids is 1. The van der Waals surface area contributed by atoms with Gasteiger partial charge in [-0.2, -0.15) is 0 Å². The first-order valence-corrected chi connectivity index (χ1v) is 6.16. The molecule has 0 aliphatic carbocycles. The third-order valence-electron chi connectivity index (χ3n) is 2.66. The highest BCUT2D eigenvalue weighted by Crippen LogP contribution is 2.11. The van der Waals surface area contributed by atoms with E-state index in [4.69, 9.17) is 9.84 Å². The molecule has 1 aromatic rings. The Labute approximate surface area is 112 Å². The first-order chi connectivity index (χ1) is 8.91. The molecule has 0 spiro atoms. The average Bonchev–Trinajstić information content (AvgIpc) is 2.35. The van der Waals surface area contributed by atoms with Gasteiger partial charge in [0.25, 0.3) is 5.91 Å². The second kappa shape index (κ2) is 6.78. The number of para-hydroxylation sites is 1. The number of carboxylic acid groups (broad SMARTS) is 1. The summed E-state index contributed by atoms with van der Waals surface area (Å²) in [6.07, 6.45) is -0.747. The summed E-state index contributed by atoms with van der Waals surface area (Å²) in [6.45, 7) is 5.06. The summed E-state index contributed by atoms with van der Waals surface area (Å²) < 4.78 is 5.43. The molecule has 0 saturated heterocycles. The van der Waals surface area contributed by atoms with Crippen molar-refractivity contribution in [2.45, 2.75) is 32.9 Å². The van der Waals surface area contributed by atoms with Gasteiger partial charge in [0.05, 0.1) is 0 Å². The van der Waals surface area contributed by atoms with Crippen molar-refractivity contribution in [2.24, 2.45) is 5.92 Å². The molecule has 0 saturated carbocycles. The van der Waals surface area contributed by atoms with E-state index in [1.165, 1.54) is 0 Å². The number of aliphatic carboxylic acids is 1. The fourth-order valence-electron chi connectivity index (χ4n) is 1.54. The Hall–Kier alpha value is -2.04. The predicted molar refractivity (Wildman–Crippen MR) is 70.9 cm³/mol. The van der Waals surface area contributed by atoms with Gasteiger partial charge in [-0.3, -0.25) is 4.79 Å². The number of carboxylic acids is 1. The van der Waals surface area contributed by atoms with Crippen LogP contribution in [0.5, 0.6) is 5.75 Å². The van der Waals surface area contributed by atoms with Crippen LogP contribution in [0.4, 0.5) is 0 Å². The number of rotatable bonds is 6. The van der Waals surface area contributed by atoms with E-state index in [9.17, 15) is 9.59 Å². The highest BCUT2D eigenvalue weighted by atomic mass is 16.5. The first-order valence-electron chi connectivity index (χ1n) is 6.16. The zero-order valence-electron chi connectivity index (χ0n) is 11.3. The molecule has 5 heteroatoms. The van der Waals surface area contributed by atoms with Gasteiger partial charge in [0.1, 0.15) is 11.8 Å². The molecule has 0 aliphatic rings. The zero-order valence-corrected chi connectivity index (χ0v) is 11.3. The molecule has 2 atom stereocenters. The SMILES string of the molecule is CC(Oc1ccccc1)C(=O)N[C@H](C(=O)O)C(C)C. The molecule has 2 N–H and O–H groups in total. The molecule has 0 heterocycles. The fourth-order valence-corrected chi connectivity index (χ4v) is 1.54. The number of ether oxygens (including phenoxy) is 1. The van der Waals surface area contributed by atoms with Crippen LogP contribution in [0.3, 0.4) is 0 Å². The van der Waals surface area contributed by atoms with Gasteiger partial charge in [-0.1, -0.05) is 32.0 Å². The Balaban J connectivity index is 2.60. The lowest BCUT2D eigenvalue weighted by molar-refractivity contribution is -0.144. The summed E-state index contributed by atoms with van der Waals surface area (Å²) in [4.78, 5) is 22.9. The maximum absolute atomic E-state index is 11.9. The van der Waals surface area contributed by atoms with Crippen LogP contribution in [0, 0.1) is 5.92 Å². The minimum absolute atomic E-state index is 0.189. The molecule has 1 aromatic carbocycles. The number of nitrogens with one attached hydrogen (secondary N) is 1. The minimum Gasteiger partial charge on any atom is -0.481 e. The monoisotopic (exact) mass is 265 g/mol. The van der Waals surface area contributed by atoms with E-state index in [2.05, 4.69) is 5.32 Å². The molecule has 0 radical (unpaired) electrons. The van der Waals surface area contributed by atoms with E-state index in [1.54, 1.807) is 45.0 Å². The van der Waals surface area contributed by atoms with Crippen molar-refractivity contribution in [3.05, 3.63) is 30.3 Å². The quantitative estimate of drug-likeness (QED) is 0.820. The van der Waals surface area contributed by atoms with Crippen molar-refractivity contribution in [3.63, 3.8) is 0 Å². The molecule has 104 valence electrons. The Morgan fingerprint density at radius 2 is 1.74 bits per heavy atom. The second-order valence-corrected chi connectivity index (χ2v) is 4.64. The van der Waals surface area contributed by atoms with Gasteiger partial charge < -0.3 is 15.2 Å². The normalized spacial score (nSPS) is 13.7. The van der Waals surface area contributed by atoms with Crippen molar-refractivity contribution in [1.82, 2.24) is 5.32 Å². The van der Waals surface area contributed by atoms with Crippen molar-refractivity contribution in [1.29, 1.82) is 0 Å². The number of carbonyl (C=O) groups is 2. The van der Waals surface area contributed by atoms with Gasteiger partial charge in [0.2, 0.25) is 0 Å². The van der Waals surface area contributed by atoms with E-state index in [1.807, 2.05) is 6.07 Å². The fraction of sp³-hybridized carbons (Fsp3) is 0.429. The highest BCUT2D eigenvalue weighted by Gasteiger charge is 2.26. The van der Waals surface area contributed by atoms with Gasteiger partial charge in [0.15, 0.2) is 6.10 Å². The summed E-state index contributed by atoms with van der Waals surface area (Å²) in [5.74, 6) is -1.10. The van der Waals surface area contributed by atoms with Gasteiger partial charge in [-0.15, -0.1) is 0 Å². The van der Waals surface area contributed by atoms with Gasteiger partial charge in [-0.25, -0.2) is 4.79 Å². The lowest BCUT2D eigenvalue weighted by atomic mass is 10.0. The molecular weight excluding hydrogens is 246 g/mol. The number of benzene rings is 1. The van der Waals surface area contributed by atoms with Crippen LogP contribution in [0.25, 0.3) is 0 Å². The van der Waals surface area contributed by atoms with Crippen molar-refractivity contribution < 1.29 is 19.4 Å². The van der Waals surface area contributed by atoms with Crippen LogP contribution in [0.2, 0.25) is 0 Å². The molecular formula is C14H19NO4. The van der Waals surface area contributed by atoms with E-state index in [0.29, 0.717) is 5.75 Å². The average molecular weight is 265 g/mol. The van der Waals surface area contributed by atoms with Gasteiger partial charge in [-0.05, 0) is 25.0 Å². The summed E-state index contributed by atoms with van der Waals surface area (Å²) in [5, 5.41) is 11.5. The van der Waals surface area contributed by atoms with E-state index >= 15 is 0 Å². The maximum Gasteiger partial charge on any atom is 0.326 e. The summed E-state index contributed by atoms with van der Waals surface area (Å²) in [5.41, 5.74) is 0. The lowest BCUT2D eigenvalue weighted by Gasteiger charge is -2.21. The Kier molecular flexibility index (Phi) is 5.36. The molecule has 0 fully saturated rings. The molecule has 5 nitrogen and oxygen atoms in total. The first kappa shape index (κ1) is 15.0. The molecule has 0 aromatic heterocycles. The predicted octanol–water partition coefficient (Wildman–Crippen LogP) is 1.68. The van der Waals surface area contributed by atoms with E-state index < -0.39 is 24.0 Å². The highest BCUT2D eigenvalue weighted by molar-refractivity contribution is 5.86. The van der Waals surface area contributed by atoms with Crippen LogP contribution < -0.4 is 10.1 Å². The molecule has 0 bridgehead atoms. The summed E-state index contributed by atoms with van der Waals surface area (Å²) in [7, 11) is 0. The topological polar surface area (TPSA) is 75.6 Å². The van der Waals surface area contributed by atoms with Crippen LogP contribution in [0.1, 0.15) is 20.8 Å². The lowest BCUT2D eigenvalue weighted by Crippen LogP contribution is -2.48. The Bertz CT molecular complexity index is 430. The van der Waals surface area contributed by atoms with Crippen LogP contribution in [0.15, 0.2) is 30.3 Å². The third kappa shape index (κ3) is 4.62. The van der Waals surface area contributed by atoms with Gasteiger partial charge >= 0.3 is 5.97 Å².